The zero-order chi connectivity index (χ0) is 16.2. The maximum atomic E-state index is 12.2. The first-order chi connectivity index (χ1) is 11.1. The summed E-state index contributed by atoms with van der Waals surface area (Å²) in [5, 5.41) is 6.09. The van der Waals surface area contributed by atoms with Crippen LogP contribution in [-0.4, -0.2) is 28.9 Å². The van der Waals surface area contributed by atoms with Crippen LogP contribution in [-0.2, 0) is 17.8 Å². The minimum absolute atomic E-state index is 0.00646. The van der Waals surface area contributed by atoms with E-state index in [1.54, 1.807) is 11.3 Å². The standard InChI is InChI=1S/C18H23N3OS/c1-13-7-14(2)9-15(8-13)19-17(22)10-16-12-23-18(20-16)11-21-5-3-4-6-21/h7-9,12H,3-6,10-11H2,1-2H3,(H,19,22). The summed E-state index contributed by atoms with van der Waals surface area (Å²) in [6.45, 7) is 7.33. The van der Waals surface area contributed by atoms with E-state index < -0.39 is 0 Å². The van der Waals surface area contributed by atoms with Crippen LogP contribution in [0.3, 0.4) is 0 Å². The summed E-state index contributed by atoms with van der Waals surface area (Å²) in [5.74, 6) is -0.00646. The minimum atomic E-state index is -0.00646. The molecular formula is C18H23N3OS. The molecule has 2 aromatic rings. The molecule has 0 aliphatic carbocycles. The van der Waals surface area contributed by atoms with E-state index in [9.17, 15) is 4.79 Å². The van der Waals surface area contributed by atoms with Crippen LogP contribution in [0.1, 0.15) is 34.7 Å². The molecule has 3 rings (SSSR count). The molecule has 4 nitrogen and oxygen atoms in total. The average molecular weight is 329 g/mol. The Hall–Kier alpha value is -1.72. The Labute approximate surface area is 141 Å². The van der Waals surface area contributed by atoms with E-state index in [2.05, 4.69) is 21.3 Å². The molecule has 1 aromatic carbocycles. The van der Waals surface area contributed by atoms with Crippen molar-refractivity contribution in [1.82, 2.24) is 9.88 Å². The highest BCUT2D eigenvalue weighted by molar-refractivity contribution is 7.09. The number of carbonyl (C=O) groups excluding carboxylic acids is 1. The van der Waals surface area contributed by atoms with Gasteiger partial charge < -0.3 is 5.32 Å². The number of benzene rings is 1. The Morgan fingerprint density at radius 3 is 2.61 bits per heavy atom. The number of aromatic nitrogens is 1. The lowest BCUT2D eigenvalue weighted by Gasteiger charge is -2.11. The molecule has 2 heterocycles. The Bertz CT molecular complexity index is 669. The molecule has 0 atom stereocenters. The van der Waals surface area contributed by atoms with Gasteiger partial charge in [0, 0.05) is 11.1 Å². The van der Waals surface area contributed by atoms with Gasteiger partial charge in [0.15, 0.2) is 0 Å². The van der Waals surface area contributed by atoms with Crippen molar-refractivity contribution in [3.63, 3.8) is 0 Å². The lowest BCUT2D eigenvalue weighted by Crippen LogP contribution is -2.18. The first-order valence-electron chi connectivity index (χ1n) is 8.12. The lowest BCUT2D eigenvalue weighted by molar-refractivity contribution is -0.115. The molecule has 0 saturated carbocycles. The summed E-state index contributed by atoms with van der Waals surface area (Å²) in [5.41, 5.74) is 4.04. The summed E-state index contributed by atoms with van der Waals surface area (Å²) in [6.07, 6.45) is 2.91. The van der Waals surface area contributed by atoms with Gasteiger partial charge in [0.1, 0.15) is 5.01 Å². The minimum Gasteiger partial charge on any atom is -0.326 e. The van der Waals surface area contributed by atoms with Gasteiger partial charge in [0.2, 0.25) is 5.91 Å². The summed E-state index contributed by atoms with van der Waals surface area (Å²) in [7, 11) is 0. The predicted molar refractivity (Wildman–Crippen MR) is 94.9 cm³/mol. The van der Waals surface area contributed by atoms with E-state index in [0.717, 1.165) is 34.1 Å². The van der Waals surface area contributed by atoms with E-state index in [4.69, 9.17) is 0 Å². The van der Waals surface area contributed by atoms with Gasteiger partial charge in [-0.1, -0.05) is 6.07 Å². The molecule has 23 heavy (non-hydrogen) atoms. The predicted octanol–water partition coefficient (Wildman–Crippen LogP) is 3.54. The van der Waals surface area contributed by atoms with Gasteiger partial charge in [-0.3, -0.25) is 9.69 Å². The molecule has 0 spiro atoms. The molecule has 0 unspecified atom stereocenters. The van der Waals surface area contributed by atoms with Gasteiger partial charge in [-0.15, -0.1) is 11.3 Å². The van der Waals surface area contributed by atoms with E-state index in [1.807, 2.05) is 31.4 Å². The Balaban J connectivity index is 1.56. The molecule has 1 aliphatic heterocycles. The summed E-state index contributed by atoms with van der Waals surface area (Å²) >= 11 is 1.66. The van der Waals surface area contributed by atoms with Gasteiger partial charge in [0.25, 0.3) is 0 Å². The van der Waals surface area contributed by atoms with E-state index in [-0.39, 0.29) is 5.91 Å². The van der Waals surface area contributed by atoms with Crippen molar-refractivity contribution in [2.24, 2.45) is 0 Å². The van der Waals surface area contributed by atoms with Crippen molar-refractivity contribution in [1.29, 1.82) is 0 Å². The summed E-state index contributed by atoms with van der Waals surface area (Å²) < 4.78 is 0. The van der Waals surface area contributed by atoms with Gasteiger partial charge in [0.05, 0.1) is 18.7 Å². The number of nitrogens with one attached hydrogen (secondary N) is 1. The number of anilines is 1. The van der Waals surface area contributed by atoms with Crippen molar-refractivity contribution in [2.75, 3.05) is 18.4 Å². The van der Waals surface area contributed by atoms with Crippen LogP contribution in [0.25, 0.3) is 0 Å². The van der Waals surface area contributed by atoms with Crippen LogP contribution in [0, 0.1) is 13.8 Å². The number of nitrogens with zero attached hydrogens (tertiary/aromatic N) is 2. The van der Waals surface area contributed by atoms with E-state index in [0.29, 0.717) is 6.42 Å². The number of thiazole rings is 1. The number of carbonyl (C=O) groups is 1. The van der Waals surface area contributed by atoms with E-state index in [1.165, 1.54) is 25.9 Å². The summed E-state index contributed by atoms with van der Waals surface area (Å²) in [6, 6.07) is 6.08. The Morgan fingerprint density at radius 2 is 1.91 bits per heavy atom. The molecule has 5 heteroatoms. The fraction of sp³-hybridized carbons (Fsp3) is 0.444. The number of likely N-dealkylation sites (tertiary alicyclic amines) is 1. The SMILES string of the molecule is Cc1cc(C)cc(NC(=O)Cc2csc(CN3CCCC3)n2)c1. The smallest absolute Gasteiger partial charge is 0.230 e. The van der Waals surface area contributed by atoms with Gasteiger partial charge in [-0.2, -0.15) is 0 Å². The van der Waals surface area contributed by atoms with Crippen LogP contribution in [0.4, 0.5) is 5.69 Å². The highest BCUT2D eigenvalue weighted by atomic mass is 32.1. The lowest BCUT2D eigenvalue weighted by atomic mass is 10.1. The molecule has 0 bridgehead atoms. The first kappa shape index (κ1) is 16.1. The molecule has 1 aliphatic rings. The monoisotopic (exact) mass is 329 g/mol. The largest absolute Gasteiger partial charge is 0.326 e. The molecule has 1 saturated heterocycles. The molecule has 1 aromatic heterocycles. The van der Waals surface area contributed by atoms with Crippen LogP contribution in [0.15, 0.2) is 23.6 Å². The second kappa shape index (κ2) is 7.23. The third kappa shape index (κ3) is 4.62. The van der Waals surface area contributed by atoms with Crippen LogP contribution >= 0.6 is 11.3 Å². The van der Waals surface area contributed by atoms with Gasteiger partial charge >= 0.3 is 0 Å². The van der Waals surface area contributed by atoms with Crippen molar-refractivity contribution in [2.45, 2.75) is 39.7 Å². The normalized spacial score (nSPS) is 15.0. The highest BCUT2D eigenvalue weighted by Crippen LogP contribution is 2.18. The topological polar surface area (TPSA) is 45.2 Å². The molecule has 0 radical (unpaired) electrons. The Morgan fingerprint density at radius 1 is 1.22 bits per heavy atom. The second-order valence-corrected chi connectivity index (χ2v) is 7.26. The highest BCUT2D eigenvalue weighted by Gasteiger charge is 2.14. The second-order valence-electron chi connectivity index (χ2n) is 6.32. The quantitative estimate of drug-likeness (QED) is 0.912. The first-order valence-corrected chi connectivity index (χ1v) is 9.00. The number of rotatable bonds is 5. The van der Waals surface area contributed by atoms with Gasteiger partial charge in [-0.05, 0) is 63.0 Å². The average Bonchev–Trinajstić information content (AvgIpc) is 3.10. The fourth-order valence-electron chi connectivity index (χ4n) is 3.05. The number of hydrogen-bond acceptors (Lipinski definition) is 4. The third-order valence-electron chi connectivity index (χ3n) is 4.00. The fourth-order valence-corrected chi connectivity index (χ4v) is 3.89. The molecular weight excluding hydrogens is 306 g/mol. The van der Waals surface area contributed by atoms with Crippen molar-refractivity contribution >= 4 is 22.9 Å². The molecule has 122 valence electrons. The van der Waals surface area contributed by atoms with Gasteiger partial charge in [-0.25, -0.2) is 4.98 Å². The zero-order valence-corrected chi connectivity index (χ0v) is 14.6. The van der Waals surface area contributed by atoms with Crippen molar-refractivity contribution in [3.8, 4) is 0 Å². The molecule has 1 fully saturated rings. The number of aryl methyl sites for hydroxylation is 2. The van der Waals surface area contributed by atoms with Crippen LogP contribution in [0.5, 0.6) is 0 Å². The zero-order valence-electron chi connectivity index (χ0n) is 13.8. The number of hydrogen-bond donors (Lipinski definition) is 1. The molecule has 1 N–H and O–H groups in total. The Kier molecular flexibility index (Phi) is 5.08. The third-order valence-corrected chi connectivity index (χ3v) is 4.89. The van der Waals surface area contributed by atoms with Crippen molar-refractivity contribution < 1.29 is 4.79 Å². The van der Waals surface area contributed by atoms with E-state index >= 15 is 0 Å². The maximum Gasteiger partial charge on any atom is 0.230 e. The summed E-state index contributed by atoms with van der Waals surface area (Å²) in [4.78, 5) is 19.2. The molecule has 1 amide bonds. The van der Waals surface area contributed by atoms with Crippen LogP contribution < -0.4 is 5.32 Å². The number of amides is 1. The van der Waals surface area contributed by atoms with Crippen molar-refractivity contribution in [3.05, 3.63) is 45.4 Å². The maximum absolute atomic E-state index is 12.2. The van der Waals surface area contributed by atoms with Crippen LogP contribution in [0.2, 0.25) is 0 Å².